The maximum absolute atomic E-state index is 12.6. The molecule has 0 saturated heterocycles. The molecule has 0 spiro atoms. The second-order valence-corrected chi connectivity index (χ2v) is 6.87. The number of carbonyl (C=O) groups is 3. The number of benzene rings is 1. The molecular weight excluding hydrogens is 382 g/mol. The predicted molar refractivity (Wildman–Crippen MR) is 97.4 cm³/mol. The van der Waals surface area contributed by atoms with Gasteiger partial charge in [-0.3, -0.25) is 9.59 Å². The fourth-order valence-corrected chi connectivity index (χ4v) is 3.53. The highest BCUT2D eigenvalue weighted by Gasteiger charge is 2.39. The lowest BCUT2D eigenvalue weighted by Crippen LogP contribution is -2.32. The summed E-state index contributed by atoms with van der Waals surface area (Å²) in [7, 11) is 0. The van der Waals surface area contributed by atoms with Gasteiger partial charge >= 0.3 is 5.97 Å². The standard InChI is InChI=1S/C19H13N3O5S/c1-11-9-12(21-26-11)10-28-16-15(7-4-8-20-16)19(25)27-22-17(23)13-5-2-3-6-14(13)18(22)24/h2-9H,10H2,1H3. The van der Waals surface area contributed by atoms with Gasteiger partial charge in [-0.2, -0.15) is 0 Å². The average molecular weight is 395 g/mol. The lowest BCUT2D eigenvalue weighted by Gasteiger charge is -2.13. The Kier molecular flexibility index (Phi) is 4.66. The first-order chi connectivity index (χ1) is 13.5. The van der Waals surface area contributed by atoms with E-state index in [1.54, 1.807) is 31.2 Å². The molecule has 8 nitrogen and oxygen atoms in total. The molecule has 140 valence electrons. The van der Waals surface area contributed by atoms with Crippen molar-refractivity contribution in [1.82, 2.24) is 15.2 Å². The van der Waals surface area contributed by atoms with Gasteiger partial charge in [-0.05, 0) is 31.2 Å². The van der Waals surface area contributed by atoms with Crippen molar-refractivity contribution in [2.24, 2.45) is 0 Å². The Morgan fingerprint density at radius 2 is 1.86 bits per heavy atom. The largest absolute Gasteiger partial charge is 0.366 e. The molecule has 0 unspecified atom stereocenters. The minimum Gasteiger partial charge on any atom is -0.361 e. The number of aromatic nitrogens is 2. The van der Waals surface area contributed by atoms with E-state index < -0.39 is 17.8 Å². The Hall–Kier alpha value is -3.46. The van der Waals surface area contributed by atoms with Crippen molar-refractivity contribution in [2.75, 3.05) is 0 Å². The van der Waals surface area contributed by atoms with E-state index in [1.165, 1.54) is 36.2 Å². The predicted octanol–water partition coefficient (Wildman–Crippen LogP) is 3.04. The molecule has 9 heteroatoms. The van der Waals surface area contributed by atoms with Crippen LogP contribution in [0.3, 0.4) is 0 Å². The zero-order valence-corrected chi connectivity index (χ0v) is 15.4. The number of fused-ring (bicyclic) bond motifs is 1. The van der Waals surface area contributed by atoms with Crippen molar-refractivity contribution in [1.29, 1.82) is 0 Å². The monoisotopic (exact) mass is 395 g/mol. The van der Waals surface area contributed by atoms with E-state index in [1.807, 2.05) is 0 Å². The molecule has 0 N–H and O–H groups in total. The highest BCUT2D eigenvalue weighted by Crippen LogP contribution is 2.27. The van der Waals surface area contributed by atoms with Crippen LogP contribution in [0, 0.1) is 6.92 Å². The van der Waals surface area contributed by atoms with Crippen LogP contribution in [0.2, 0.25) is 0 Å². The zero-order valence-electron chi connectivity index (χ0n) is 14.6. The molecule has 3 aromatic rings. The van der Waals surface area contributed by atoms with E-state index >= 15 is 0 Å². The zero-order chi connectivity index (χ0) is 19.7. The fourth-order valence-electron chi connectivity index (χ4n) is 2.67. The average Bonchev–Trinajstić information content (AvgIpc) is 3.23. The van der Waals surface area contributed by atoms with E-state index in [9.17, 15) is 14.4 Å². The SMILES string of the molecule is Cc1cc(CSc2ncccc2C(=O)ON2C(=O)c3ccccc3C2=O)no1. The third-order valence-electron chi connectivity index (χ3n) is 3.96. The molecule has 0 saturated carbocycles. The summed E-state index contributed by atoms with van der Waals surface area (Å²) in [6, 6.07) is 11.2. The Bertz CT molecular complexity index is 1060. The first-order valence-electron chi connectivity index (χ1n) is 8.24. The highest BCUT2D eigenvalue weighted by molar-refractivity contribution is 7.98. The number of rotatable bonds is 5. The molecule has 0 radical (unpaired) electrons. The molecule has 0 bridgehead atoms. The van der Waals surface area contributed by atoms with E-state index in [0.717, 1.165) is 0 Å². The Morgan fingerprint density at radius 1 is 1.14 bits per heavy atom. The third-order valence-corrected chi connectivity index (χ3v) is 4.99. The smallest absolute Gasteiger partial charge is 0.361 e. The van der Waals surface area contributed by atoms with Gasteiger partial charge < -0.3 is 9.36 Å². The quantitative estimate of drug-likeness (QED) is 0.480. The molecule has 0 aliphatic carbocycles. The van der Waals surface area contributed by atoms with Gasteiger partial charge in [0, 0.05) is 18.0 Å². The molecular formula is C19H13N3O5S. The number of imide groups is 1. The van der Waals surface area contributed by atoms with E-state index in [0.29, 0.717) is 27.3 Å². The van der Waals surface area contributed by atoms with Crippen molar-refractivity contribution in [3.05, 3.63) is 76.8 Å². The van der Waals surface area contributed by atoms with Gasteiger partial charge in [-0.15, -0.1) is 0 Å². The van der Waals surface area contributed by atoms with Crippen LogP contribution in [0.15, 0.2) is 58.2 Å². The van der Waals surface area contributed by atoms with Gasteiger partial charge in [-0.1, -0.05) is 34.1 Å². The van der Waals surface area contributed by atoms with E-state index in [-0.39, 0.29) is 16.7 Å². The summed E-state index contributed by atoms with van der Waals surface area (Å²) < 4.78 is 5.02. The van der Waals surface area contributed by atoms with Crippen LogP contribution >= 0.6 is 11.8 Å². The Labute approximate surface area is 163 Å². The van der Waals surface area contributed by atoms with Gasteiger partial charge in [0.25, 0.3) is 11.8 Å². The number of aryl methyl sites for hydroxylation is 1. The summed E-state index contributed by atoms with van der Waals surface area (Å²) in [5, 5.41) is 4.77. The topological polar surface area (TPSA) is 103 Å². The fraction of sp³-hybridized carbons (Fsp3) is 0.105. The van der Waals surface area contributed by atoms with Crippen LogP contribution in [0.25, 0.3) is 0 Å². The van der Waals surface area contributed by atoms with Gasteiger partial charge in [0.1, 0.15) is 10.8 Å². The van der Waals surface area contributed by atoms with Crippen LogP contribution in [0.4, 0.5) is 0 Å². The second kappa shape index (κ2) is 7.28. The van der Waals surface area contributed by atoms with Gasteiger partial charge in [0.05, 0.1) is 22.4 Å². The highest BCUT2D eigenvalue weighted by atomic mass is 32.2. The van der Waals surface area contributed by atoms with Crippen LogP contribution in [-0.4, -0.2) is 33.0 Å². The molecule has 4 rings (SSSR count). The molecule has 2 amide bonds. The second-order valence-electron chi connectivity index (χ2n) is 5.90. The van der Waals surface area contributed by atoms with Crippen molar-refractivity contribution in [3.8, 4) is 0 Å². The molecule has 0 atom stereocenters. The van der Waals surface area contributed by atoms with Gasteiger partial charge in [0.15, 0.2) is 0 Å². The third kappa shape index (κ3) is 3.27. The molecule has 0 fully saturated rings. The number of amides is 2. The normalized spacial score (nSPS) is 13.0. The van der Waals surface area contributed by atoms with Crippen molar-refractivity contribution in [2.45, 2.75) is 17.7 Å². The minimum atomic E-state index is -0.846. The molecule has 1 aliphatic heterocycles. The lowest BCUT2D eigenvalue weighted by molar-refractivity contribution is -0.0587. The van der Waals surface area contributed by atoms with Crippen LogP contribution in [-0.2, 0) is 10.6 Å². The number of thioether (sulfide) groups is 1. The molecule has 1 aliphatic rings. The lowest BCUT2D eigenvalue weighted by atomic mass is 10.1. The van der Waals surface area contributed by atoms with E-state index in [4.69, 9.17) is 9.36 Å². The summed E-state index contributed by atoms with van der Waals surface area (Å²) in [4.78, 5) is 46.6. The molecule has 28 heavy (non-hydrogen) atoms. The van der Waals surface area contributed by atoms with Crippen LogP contribution < -0.4 is 0 Å². The molecule has 3 heterocycles. The van der Waals surface area contributed by atoms with Gasteiger partial charge in [0.2, 0.25) is 0 Å². The molecule has 1 aromatic carbocycles. The van der Waals surface area contributed by atoms with Crippen LogP contribution in [0.5, 0.6) is 0 Å². The number of nitrogens with zero attached hydrogens (tertiary/aromatic N) is 3. The van der Waals surface area contributed by atoms with E-state index in [2.05, 4.69) is 10.1 Å². The number of carbonyl (C=O) groups excluding carboxylic acids is 3. The van der Waals surface area contributed by atoms with Crippen molar-refractivity contribution in [3.63, 3.8) is 0 Å². The summed E-state index contributed by atoms with van der Waals surface area (Å²) in [5.41, 5.74) is 1.24. The maximum atomic E-state index is 12.6. The van der Waals surface area contributed by atoms with Crippen molar-refractivity contribution >= 4 is 29.5 Å². The maximum Gasteiger partial charge on any atom is 0.366 e. The summed E-state index contributed by atoms with van der Waals surface area (Å²) in [5.74, 6) is -1.08. The molecule has 2 aromatic heterocycles. The summed E-state index contributed by atoms with van der Waals surface area (Å²) >= 11 is 1.27. The summed E-state index contributed by atoms with van der Waals surface area (Å²) in [6.07, 6.45) is 1.54. The minimum absolute atomic E-state index is 0.143. The first-order valence-corrected chi connectivity index (χ1v) is 9.23. The number of pyridine rings is 1. The number of hydrogen-bond donors (Lipinski definition) is 0. The number of hydroxylamine groups is 2. The van der Waals surface area contributed by atoms with Gasteiger partial charge in [-0.25, -0.2) is 9.78 Å². The first kappa shape index (κ1) is 17.9. The van der Waals surface area contributed by atoms with Crippen molar-refractivity contribution < 1.29 is 23.7 Å². The Morgan fingerprint density at radius 3 is 2.50 bits per heavy atom. The Balaban J connectivity index is 1.51. The summed E-state index contributed by atoms with van der Waals surface area (Å²) in [6.45, 7) is 1.78. The van der Waals surface area contributed by atoms with Crippen LogP contribution in [0.1, 0.15) is 42.5 Å². The number of hydrogen-bond acceptors (Lipinski definition) is 8.